The fourth-order valence-electron chi connectivity index (χ4n) is 1.60. The smallest absolute Gasteiger partial charge is 0.308 e. The highest BCUT2D eigenvalue weighted by molar-refractivity contribution is 5.72. The summed E-state index contributed by atoms with van der Waals surface area (Å²) in [6, 6.07) is 0. The second-order valence-electron chi connectivity index (χ2n) is 3.09. The first-order valence-corrected chi connectivity index (χ1v) is 4.84. The third-order valence-corrected chi connectivity index (χ3v) is 2.23. The molecule has 0 radical (unpaired) electrons. The van der Waals surface area contributed by atoms with Crippen LogP contribution in [0.5, 0.6) is 0 Å². The van der Waals surface area contributed by atoms with E-state index in [0.29, 0.717) is 6.61 Å². The lowest BCUT2D eigenvalue weighted by atomic mass is 9.89. The van der Waals surface area contributed by atoms with E-state index in [0.717, 1.165) is 12.8 Å². The van der Waals surface area contributed by atoms with E-state index < -0.39 is 0 Å². The third kappa shape index (κ3) is 4.57. The molecule has 0 amide bonds. The molecule has 0 saturated heterocycles. The maximum Gasteiger partial charge on any atom is 0.308 e. The van der Waals surface area contributed by atoms with Gasteiger partial charge in [-0.3, -0.25) is 4.79 Å². The van der Waals surface area contributed by atoms with Crippen molar-refractivity contribution in [2.24, 2.45) is 5.92 Å². The fraction of sp³-hybridized carbons (Fsp3) is 0.727. The molecule has 0 aliphatic heterocycles. The molecule has 0 unspecified atom stereocenters. The van der Waals surface area contributed by atoms with E-state index in [9.17, 15) is 4.79 Å². The average molecular weight is 182 g/mol. The Morgan fingerprint density at radius 2 is 1.85 bits per heavy atom. The normalized spacial score (nSPS) is 16.8. The van der Waals surface area contributed by atoms with Gasteiger partial charge in [-0.1, -0.05) is 19.3 Å². The first-order chi connectivity index (χ1) is 6.34. The predicted octanol–water partition coefficient (Wildman–Crippen LogP) is 2.38. The molecule has 0 bridgehead atoms. The molecule has 1 aliphatic carbocycles. The fourth-order valence-corrected chi connectivity index (χ4v) is 1.60. The van der Waals surface area contributed by atoms with Crippen molar-refractivity contribution in [1.82, 2.24) is 0 Å². The molecule has 0 aromatic heterocycles. The van der Waals surface area contributed by atoms with Crippen LogP contribution in [0.3, 0.4) is 0 Å². The van der Waals surface area contributed by atoms with Crippen LogP contribution in [-0.2, 0) is 9.53 Å². The van der Waals surface area contributed by atoms with Crippen molar-refractivity contribution in [3.63, 3.8) is 0 Å². The zero-order valence-electron chi connectivity index (χ0n) is 8.29. The number of terminal acetylenes is 1. The Kier molecular flexibility index (Phi) is 7.10. The number of esters is 1. The topological polar surface area (TPSA) is 26.3 Å². The van der Waals surface area contributed by atoms with Gasteiger partial charge in [0, 0.05) is 0 Å². The van der Waals surface area contributed by atoms with E-state index in [1.54, 1.807) is 0 Å². The minimum absolute atomic E-state index is 0.0206. The molecule has 74 valence electrons. The summed E-state index contributed by atoms with van der Waals surface area (Å²) in [5.41, 5.74) is 0. The van der Waals surface area contributed by atoms with Crippen LogP contribution in [0.1, 0.15) is 39.0 Å². The highest BCUT2D eigenvalue weighted by Crippen LogP contribution is 2.24. The second kappa shape index (κ2) is 7.67. The molecular weight excluding hydrogens is 164 g/mol. The number of carbonyl (C=O) groups excluding carboxylic acids is 1. The second-order valence-corrected chi connectivity index (χ2v) is 3.09. The van der Waals surface area contributed by atoms with E-state index in [1.807, 2.05) is 6.92 Å². The van der Waals surface area contributed by atoms with Crippen molar-refractivity contribution < 1.29 is 9.53 Å². The van der Waals surface area contributed by atoms with Crippen molar-refractivity contribution in [3.05, 3.63) is 0 Å². The Labute approximate surface area is 80.7 Å². The van der Waals surface area contributed by atoms with E-state index in [4.69, 9.17) is 4.74 Å². The minimum Gasteiger partial charge on any atom is -0.466 e. The molecule has 2 nitrogen and oxygen atoms in total. The van der Waals surface area contributed by atoms with E-state index in [-0.39, 0.29) is 11.9 Å². The van der Waals surface area contributed by atoms with Crippen LogP contribution in [0.4, 0.5) is 0 Å². The van der Waals surface area contributed by atoms with Gasteiger partial charge in [-0.2, -0.15) is 0 Å². The summed E-state index contributed by atoms with van der Waals surface area (Å²) >= 11 is 0. The molecule has 0 aromatic rings. The zero-order chi connectivity index (χ0) is 10.1. The maximum absolute atomic E-state index is 11.2. The lowest BCUT2D eigenvalue weighted by molar-refractivity contribution is -0.149. The number of ether oxygens (including phenoxy) is 1. The Balaban J connectivity index is 0.000000671. The van der Waals surface area contributed by atoms with Gasteiger partial charge in [0.15, 0.2) is 0 Å². The quantitative estimate of drug-likeness (QED) is 0.484. The summed E-state index contributed by atoms with van der Waals surface area (Å²) in [5, 5.41) is 0. The minimum atomic E-state index is 0.0206. The van der Waals surface area contributed by atoms with Crippen LogP contribution in [-0.4, -0.2) is 12.6 Å². The predicted molar refractivity (Wildman–Crippen MR) is 53.1 cm³/mol. The van der Waals surface area contributed by atoms with Crippen LogP contribution >= 0.6 is 0 Å². The highest BCUT2D eigenvalue weighted by atomic mass is 16.5. The number of rotatable bonds is 2. The highest BCUT2D eigenvalue weighted by Gasteiger charge is 2.21. The molecule has 0 N–H and O–H groups in total. The van der Waals surface area contributed by atoms with E-state index >= 15 is 0 Å². The van der Waals surface area contributed by atoms with Crippen molar-refractivity contribution in [2.45, 2.75) is 39.0 Å². The molecule has 0 aromatic carbocycles. The lowest BCUT2D eigenvalue weighted by Gasteiger charge is -2.19. The SMILES string of the molecule is C#C.CCOC(=O)C1CCCCC1. The molecule has 0 heterocycles. The molecule has 1 rings (SSSR count). The lowest BCUT2D eigenvalue weighted by Crippen LogP contribution is -2.20. The standard InChI is InChI=1S/C9H16O2.C2H2/c1-2-11-9(10)8-6-4-3-5-7-8;1-2/h8H,2-7H2,1H3;1-2H. The van der Waals surface area contributed by atoms with Gasteiger partial charge in [0.05, 0.1) is 12.5 Å². The molecule has 2 heteroatoms. The summed E-state index contributed by atoms with van der Waals surface area (Å²) in [6.45, 7) is 2.38. The summed E-state index contributed by atoms with van der Waals surface area (Å²) in [4.78, 5) is 11.2. The maximum atomic E-state index is 11.2. The number of carbonyl (C=O) groups is 1. The van der Waals surface area contributed by atoms with Gasteiger partial charge in [-0.15, -0.1) is 12.8 Å². The molecule has 1 fully saturated rings. The van der Waals surface area contributed by atoms with Crippen molar-refractivity contribution >= 4 is 5.97 Å². The molecule has 0 spiro atoms. The van der Waals surface area contributed by atoms with Gasteiger partial charge in [0.25, 0.3) is 0 Å². The van der Waals surface area contributed by atoms with Gasteiger partial charge in [-0.25, -0.2) is 0 Å². The van der Waals surface area contributed by atoms with Crippen LogP contribution < -0.4 is 0 Å². The van der Waals surface area contributed by atoms with Crippen molar-refractivity contribution in [1.29, 1.82) is 0 Å². The van der Waals surface area contributed by atoms with E-state index in [2.05, 4.69) is 12.8 Å². The van der Waals surface area contributed by atoms with Crippen molar-refractivity contribution in [3.8, 4) is 12.8 Å². The van der Waals surface area contributed by atoms with Gasteiger partial charge < -0.3 is 4.74 Å². The van der Waals surface area contributed by atoms with Crippen LogP contribution in [0.2, 0.25) is 0 Å². The average Bonchev–Trinajstić information content (AvgIpc) is 2.23. The van der Waals surface area contributed by atoms with E-state index in [1.165, 1.54) is 19.3 Å². The largest absolute Gasteiger partial charge is 0.466 e. The van der Waals surface area contributed by atoms with Crippen molar-refractivity contribution in [2.75, 3.05) is 6.61 Å². The molecule has 1 aliphatic rings. The Morgan fingerprint density at radius 3 is 2.31 bits per heavy atom. The Bertz CT molecular complexity index is 155. The Hall–Kier alpha value is -0.970. The molecular formula is C11H18O2. The number of hydrogen-bond acceptors (Lipinski definition) is 2. The molecule has 1 saturated carbocycles. The first kappa shape index (κ1) is 12.0. The summed E-state index contributed by atoms with van der Waals surface area (Å²) in [7, 11) is 0. The van der Waals surface area contributed by atoms with Gasteiger partial charge in [0.1, 0.15) is 0 Å². The molecule has 0 atom stereocenters. The van der Waals surface area contributed by atoms with Crippen LogP contribution in [0.25, 0.3) is 0 Å². The van der Waals surface area contributed by atoms with Gasteiger partial charge in [0.2, 0.25) is 0 Å². The summed E-state index contributed by atoms with van der Waals surface area (Å²) in [5.74, 6) is 0.232. The summed E-state index contributed by atoms with van der Waals surface area (Å²) < 4.78 is 4.94. The monoisotopic (exact) mass is 182 g/mol. The zero-order valence-corrected chi connectivity index (χ0v) is 8.29. The first-order valence-electron chi connectivity index (χ1n) is 4.84. The van der Waals surface area contributed by atoms with Crippen LogP contribution in [0.15, 0.2) is 0 Å². The number of hydrogen-bond donors (Lipinski definition) is 0. The summed E-state index contributed by atoms with van der Waals surface area (Å²) in [6.07, 6.45) is 13.8. The van der Waals surface area contributed by atoms with Gasteiger partial charge in [-0.05, 0) is 19.8 Å². The molecule has 13 heavy (non-hydrogen) atoms. The van der Waals surface area contributed by atoms with Gasteiger partial charge >= 0.3 is 5.97 Å². The third-order valence-electron chi connectivity index (χ3n) is 2.23. The Morgan fingerprint density at radius 1 is 1.31 bits per heavy atom. The van der Waals surface area contributed by atoms with Crippen LogP contribution in [0, 0.1) is 18.8 Å².